The third kappa shape index (κ3) is 4.87. The van der Waals surface area contributed by atoms with Crippen molar-refractivity contribution in [1.82, 2.24) is 10.2 Å². The predicted octanol–water partition coefficient (Wildman–Crippen LogP) is 3.90. The number of thiocarbonyl (C=S) groups is 1. The minimum Gasteiger partial charge on any atom is -0.466 e. The van der Waals surface area contributed by atoms with Gasteiger partial charge in [-0.25, -0.2) is 9.59 Å². The average molecular weight is 450 g/mol. The van der Waals surface area contributed by atoms with Crippen molar-refractivity contribution in [1.29, 1.82) is 5.26 Å². The number of allylic oxidation sites excluding steroid dienone is 1. The fourth-order valence-corrected chi connectivity index (χ4v) is 3.89. The Morgan fingerprint density at radius 2 is 1.88 bits per heavy atom. The zero-order valence-corrected chi connectivity index (χ0v) is 18.7. The van der Waals surface area contributed by atoms with Crippen LogP contribution in [0.25, 0.3) is 0 Å². The minimum atomic E-state index is -0.464. The number of nitrogens with zero attached hydrogens (tertiary/aromatic N) is 2. The van der Waals surface area contributed by atoms with Gasteiger partial charge in [-0.15, -0.1) is 0 Å². The number of esters is 1. The fourth-order valence-electron chi connectivity index (χ4n) is 3.51. The summed E-state index contributed by atoms with van der Waals surface area (Å²) < 4.78 is 5.00. The molecule has 32 heavy (non-hydrogen) atoms. The first-order chi connectivity index (χ1) is 15.4. The van der Waals surface area contributed by atoms with Crippen molar-refractivity contribution in [3.63, 3.8) is 0 Å². The van der Waals surface area contributed by atoms with Gasteiger partial charge in [0, 0.05) is 23.6 Å². The number of rotatable bonds is 5. The van der Waals surface area contributed by atoms with Crippen molar-refractivity contribution in [3.05, 3.63) is 70.9 Å². The zero-order chi connectivity index (χ0) is 23.3. The van der Waals surface area contributed by atoms with Crippen LogP contribution in [0.15, 0.2) is 59.8 Å². The molecular formula is C23H23N5O3S. The van der Waals surface area contributed by atoms with Gasteiger partial charge < -0.3 is 25.6 Å². The van der Waals surface area contributed by atoms with Gasteiger partial charge in [-0.2, -0.15) is 5.26 Å². The monoisotopic (exact) mass is 449 g/mol. The lowest BCUT2D eigenvalue weighted by molar-refractivity contribution is -0.136. The fraction of sp³-hybridized carbons (Fsp3) is 0.217. The number of hydrogen-bond acceptors (Lipinski definition) is 5. The molecule has 0 aromatic heterocycles. The van der Waals surface area contributed by atoms with Crippen LogP contribution in [-0.4, -0.2) is 35.7 Å². The van der Waals surface area contributed by atoms with Crippen molar-refractivity contribution in [2.75, 3.05) is 24.3 Å². The number of amides is 2. The van der Waals surface area contributed by atoms with Crippen LogP contribution in [0.1, 0.15) is 31.0 Å². The average Bonchev–Trinajstić information content (AvgIpc) is 2.79. The summed E-state index contributed by atoms with van der Waals surface area (Å²) in [6.45, 7) is 4.42. The lowest BCUT2D eigenvalue weighted by Gasteiger charge is -2.36. The lowest BCUT2D eigenvalue weighted by atomic mass is 9.95. The van der Waals surface area contributed by atoms with Crippen LogP contribution < -0.4 is 16.0 Å². The maximum absolute atomic E-state index is 12.5. The molecule has 1 aliphatic rings. The Hall–Kier alpha value is -3.90. The van der Waals surface area contributed by atoms with Crippen molar-refractivity contribution < 1.29 is 14.3 Å². The molecule has 2 aromatic rings. The second-order valence-electron chi connectivity index (χ2n) is 7.01. The smallest absolute Gasteiger partial charge is 0.337 e. The molecule has 164 valence electrons. The predicted molar refractivity (Wildman–Crippen MR) is 126 cm³/mol. The van der Waals surface area contributed by atoms with Crippen LogP contribution in [-0.2, 0) is 9.53 Å². The summed E-state index contributed by atoms with van der Waals surface area (Å²) in [6, 6.07) is 14.9. The van der Waals surface area contributed by atoms with E-state index >= 15 is 0 Å². The maximum atomic E-state index is 12.5. The largest absolute Gasteiger partial charge is 0.466 e. The minimum absolute atomic E-state index is 0.429. The first kappa shape index (κ1) is 22.8. The lowest BCUT2D eigenvalue weighted by Crippen LogP contribution is -2.47. The summed E-state index contributed by atoms with van der Waals surface area (Å²) in [7, 11) is 1.35. The molecule has 0 saturated heterocycles. The van der Waals surface area contributed by atoms with Crippen molar-refractivity contribution >= 4 is 40.7 Å². The summed E-state index contributed by atoms with van der Waals surface area (Å²) in [6.07, 6.45) is 0. The second kappa shape index (κ2) is 9.94. The highest BCUT2D eigenvalue weighted by Crippen LogP contribution is 2.31. The number of ether oxygens (including phenoxy) is 1. The number of hydrogen-bond donors (Lipinski definition) is 3. The molecule has 2 aromatic carbocycles. The van der Waals surface area contributed by atoms with Crippen molar-refractivity contribution in [3.8, 4) is 6.07 Å². The van der Waals surface area contributed by atoms with Gasteiger partial charge in [-0.1, -0.05) is 18.2 Å². The van der Waals surface area contributed by atoms with E-state index in [9.17, 15) is 9.59 Å². The van der Waals surface area contributed by atoms with E-state index in [1.54, 1.807) is 36.4 Å². The van der Waals surface area contributed by atoms with Gasteiger partial charge in [0.15, 0.2) is 5.11 Å². The molecule has 9 heteroatoms. The van der Waals surface area contributed by atoms with Crippen LogP contribution in [0.4, 0.5) is 16.2 Å². The second-order valence-corrected chi connectivity index (χ2v) is 7.40. The molecule has 2 amide bonds. The third-order valence-corrected chi connectivity index (χ3v) is 5.41. The van der Waals surface area contributed by atoms with Gasteiger partial charge in [0.1, 0.15) is 0 Å². The Balaban J connectivity index is 1.77. The zero-order valence-electron chi connectivity index (χ0n) is 17.9. The van der Waals surface area contributed by atoms with Gasteiger partial charge in [0.25, 0.3) is 0 Å². The first-order valence-corrected chi connectivity index (χ1v) is 10.3. The number of urea groups is 1. The van der Waals surface area contributed by atoms with E-state index in [0.29, 0.717) is 34.2 Å². The Morgan fingerprint density at radius 1 is 1.19 bits per heavy atom. The summed E-state index contributed by atoms with van der Waals surface area (Å²) >= 11 is 5.46. The van der Waals surface area contributed by atoms with Gasteiger partial charge >= 0.3 is 12.0 Å². The summed E-state index contributed by atoms with van der Waals surface area (Å²) in [5.74, 6) is -0.429. The molecule has 0 spiro atoms. The normalized spacial score (nSPS) is 15.5. The number of benzene rings is 2. The van der Waals surface area contributed by atoms with Crippen molar-refractivity contribution in [2.45, 2.75) is 19.9 Å². The van der Waals surface area contributed by atoms with Crippen LogP contribution in [0.5, 0.6) is 0 Å². The summed E-state index contributed by atoms with van der Waals surface area (Å²) in [5.41, 5.74) is 3.57. The number of nitrogens with one attached hydrogen (secondary N) is 3. The highest BCUT2D eigenvalue weighted by molar-refractivity contribution is 7.80. The highest BCUT2D eigenvalue weighted by atomic mass is 32.1. The van der Waals surface area contributed by atoms with Crippen LogP contribution >= 0.6 is 12.2 Å². The molecule has 0 radical (unpaired) electrons. The molecule has 3 N–H and O–H groups in total. The first-order valence-electron chi connectivity index (χ1n) is 9.93. The molecule has 0 saturated carbocycles. The van der Waals surface area contributed by atoms with E-state index in [1.165, 1.54) is 7.11 Å². The molecule has 1 heterocycles. The van der Waals surface area contributed by atoms with Gasteiger partial charge in [-0.05, 0) is 62.0 Å². The molecule has 1 atom stereocenters. The maximum Gasteiger partial charge on any atom is 0.337 e. The Labute approximate surface area is 191 Å². The molecule has 0 bridgehead atoms. The molecule has 1 aliphatic heterocycles. The Bertz CT molecular complexity index is 1120. The van der Waals surface area contributed by atoms with Gasteiger partial charge in [0.2, 0.25) is 0 Å². The van der Waals surface area contributed by atoms with E-state index in [-0.39, 0.29) is 0 Å². The molecular weight excluding hydrogens is 426 g/mol. The summed E-state index contributed by atoms with van der Waals surface area (Å²) in [5, 5.41) is 18.1. The number of nitriles is 1. The molecule has 8 nitrogen and oxygen atoms in total. The van der Waals surface area contributed by atoms with E-state index in [4.69, 9.17) is 22.2 Å². The van der Waals surface area contributed by atoms with E-state index in [1.807, 2.05) is 36.9 Å². The molecule has 3 rings (SSSR count). The highest BCUT2D eigenvalue weighted by Gasteiger charge is 2.33. The molecule has 0 fully saturated rings. The molecule has 1 unspecified atom stereocenters. The topological polar surface area (TPSA) is 106 Å². The van der Waals surface area contributed by atoms with Gasteiger partial charge in [-0.3, -0.25) is 0 Å². The summed E-state index contributed by atoms with van der Waals surface area (Å²) in [4.78, 5) is 26.6. The van der Waals surface area contributed by atoms with E-state index in [2.05, 4.69) is 16.0 Å². The number of anilines is 2. The SMILES string of the molecule is CCN1C(=S)NC(c2ccc(NC(=O)Nc3cccc(C#N)c3)cc2)C(C(=O)OC)=C1C. The standard InChI is InChI=1S/C23H23N5O3S/c1-4-28-14(2)19(21(29)31-3)20(27-23(28)32)16-8-10-17(11-9-16)25-22(30)26-18-7-5-6-15(12-18)13-24/h5-12,20H,4H2,1-3H3,(H,27,32)(H2,25,26,30). The van der Waals surface area contributed by atoms with Crippen molar-refractivity contribution in [2.24, 2.45) is 0 Å². The molecule has 0 aliphatic carbocycles. The van der Waals surface area contributed by atoms with Gasteiger partial charge in [0.05, 0.1) is 30.4 Å². The quantitative estimate of drug-likeness (QED) is 0.469. The van der Waals surface area contributed by atoms with E-state index in [0.717, 1.165) is 11.3 Å². The number of methoxy groups -OCH3 is 1. The Kier molecular flexibility index (Phi) is 7.07. The Morgan fingerprint density at radius 3 is 2.50 bits per heavy atom. The third-order valence-electron chi connectivity index (χ3n) is 5.07. The van der Waals surface area contributed by atoms with Crippen LogP contribution in [0.3, 0.4) is 0 Å². The number of carbonyl (C=O) groups excluding carboxylic acids is 2. The van der Waals surface area contributed by atoms with E-state index < -0.39 is 18.0 Å². The van der Waals surface area contributed by atoms with Crippen LogP contribution in [0, 0.1) is 11.3 Å². The van der Waals surface area contributed by atoms with Crippen LogP contribution in [0.2, 0.25) is 0 Å². The number of carbonyl (C=O) groups is 2.